The molecule has 14 heavy (non-hydrogen) atoms. The highest BCUT2D eigenvalue weighted by atomic mass is 16.3. The van der Waals surface area contributed by atoms with Crippen molar-refractivity contribution < 1.29 is 5.11 Å². The van der Waals surface area contributed by atoms with Crippen LogP contribution >= 0.6 is 0 Å². The maximum atomic E-state index is 9.78. The summed E-state index contributed by atoms with van der Waals surface area (Å²) in [5, 5.41) is 9.78. The molecule has 3 rings (SSSR count). The molecule has 72 valence electrons. The molecule has 0 saturated carbocycles. The zero-order chi connectivity index (χ0) is 9.54. The van der Waals surface area contributed by atoms with E-state index in [4.69, 9.17) is 0 Å². The number of imidazole rings is 1. The first-order chi connectivity index (χ1) is 6.86. The first kappa shape index (κ1) is 8.00. The highest BCUT2D eigenvalue weighted by Gasteiger charge is 2.21. The van der Waals surface area contributed by atoms with Crippen LogP contribution in [0.4, 0.5) is 0 Å². The Morgan fingerprint density at radius 3 is 3.14 bits per heavy atom. The van der Waals surface area contributed by atoms with Gasteiger partial charge in [-0.1, -0.05) is 12.1 Å². The van der Waals surface area contributed by atoms with E-state index in [2.05, 4.69) is 15.6 Å². The third-order valence-corrected chi connectivity index (χ3v) is 2.84. The summed E-state index contributed by atoms with van der Waals surface area (Å²) in [5.74, 6) is 0.831. The van der Waals surface area contributed by atoms with Gasteiger partial charge in [-0.2, -0.15) is 0 Å². The van der Waals surface area contributed by atoms with Crippen molar-refractivity contribution in [3.63, 3.8) is 0 Å². The molecule has 0 amide bonds. The molecule has 2 heterocycles. The normalized spacial score (nSPS) is 21.1. The Bertz CT molecular complexity index is 475. The lowest BCUT2D eigenvalue weighted by atomic mass is 10.1. The Balaban J connectivity index is 2.32. The van der Waals surface area contributed by atoms with Crippen LogP contribution in [0, 0.1) is 0 Å². The first-order valence-electron chi connectivity index (χ1n) is 4.99. The minimum absolute atomic E-state index is 0.379. The van der Waals surface area contributed by atoms with Crippen LogP contribution < -0.4 is 0 Å². The summed E-state index contributed by atoms with van der Waals surface area (Å²) in [5.41, 5.74) is 2.13. The van der Waals surface area contributed by atoms with Crippen molar-refractivity contribution in [1.82, 2.24) is 9.55 Å². The van der Waals surface area contributed by atoms with E-state index in [0.29, 0.717) is 0 Å². The van der Waals surface area contributed by atoms with E-state index in [0.717, 1.165) is 36.2 Å². The van der Waals surface area contributed by atoms with Gasteiger partial charge in [0.1, 0.15) is 11.9 Å². The fraction of sp³-hybridized carbons (Fsp3) is 0.364. The summed E-state index contributed by atoms with van der Waals surface area (Å²) in [6, 6.07) is 8.04. The molecular formula is C11H12N2O. The average molecular weight is 188 g/mol. The number of benzene rings is 1. The SMILES string of the molecule is OC1CCCn2c1nc1ccccc12. The molecular weight excluding hydrogens is 176 g/mol. The van der Waals surface area contributed by atoms with Crippen molar-refractivity contribution >= 4 is 11.0 Å². The topological polar surface area (TPSA) is 38.0 Å². The maximum absolute atomic E-state index is 9.78. The summed E-state index contributed by atoms with van der Waals surface area (Å²) in [7, 11) is 0. The van der Waals surface area contributed by atoms with Gasteiger partial charge in [-0.25, -0.2) is 4.98 Å². The van der Waals surface area contributed by atoms with E-state index in [9.17, 15) is 5.11 Å². The largest absolute Gasteiger partial charge is 0.385 e. The molecule has 1 N–H and O–H groups in total. The van der Waals surface area contributed by atoms with Crippen molar-refractivity contribution in [2.75, 3.05) is 0 Å². The number of aryl methyl sites for hydroxylation is 1. The second-order valence-corrected chi connectivity index (χ2v) is 3.77. The van der Waals surface area contributed by atoms with Gasteiger partial charge in [0.15, 0.2) is 0 Å². The predicted molar refractivity (Wildman–Crippen MR) is 53.9 cm³/mol. The molecule has 1 atom stereocenters. The zero-order valence-electron chi connectivity index (χ0n) is 7.85. The molecule has 1 unspecified atom stereocenters. The lowest BCUT2D eigenvalue weighted by Crippen LogP contribution is -2.15. The molecule has 0 spiro atoms. The molecule has 0 aliphatic carbocycles. The minimum Gasteiger partial charge on any atom is -0.385 e. The van der Waals surface area contributed by atoms with Crippen molar-refractivity contribution in [3.8, 4) is 0 Å². The number of fused-ring (bicyclic) bond motifs is 3. The van der Waals surface area contributed by atoms with Crippen LogP contribution in [0.3, 0.4) is 0 Å². The van der Waals surface area contributed by atoms with E-state index in [-0.39, 0.29) is 6.10 Å². The van der Waals surface area contributed by atoms with Gasteiger partial charge in [-0.15, -0.1) is 0 Å². The first-order valence-corrected chi connectivity index (χ1v) is 4.99. The van der Waals surface area contributed by atoms with Gasteiger partial charge >= 0.3 is 0 Å². The lowest BCUT2D eigenvalue weighted by molar-refractivity contribution is 0.135. The molecule has 1 aliphatic heterocycles. The third kappa shape index (κ3) is 0.990. The highest BCUT2D eigenvalue weighted by Crippen LogP contribution is 2.28. The van der Waals surface area contributed by atoms with Crippen LogP contribution in [0.2, 0.25) is 0 Å². The van der Waals surface area contributed by atoms with Gasteiger partial charge in [0.05, 0.1) is 11.0 Å². The smallest absolute Gasteiger partial charge is 0.138 e. The molecule has 1 aliphatic rings. The van der Waals surface area contributed by atoms with Crippen molar-refractivity contribution in [2.24, 2.45) is 0 Å². The van der Waals surface area contributed by atoms with Crippen molar-refractivity contribution in [1.29, 1.82) is 0 Å². The molecule has 2 aromatic rings. The second-order valence-electron chi connectivity index (χ2n) is 3.77. The minimum atomic E-state index is -0.379. The maximum Gasteiger partial charge on any atom is 0.138 e. The molecule has 0 bridgehead atoms. The third-order valence-electron chi connectivity index (χ3n) is 2.84. The van der Waals surface area contributed by atoms with Crippen molar-refractivity contribution in [2.45, 2.75) is 25.5 Å². The summed E-state index contributed by atoms with van der Waals surface area (Å²) >= 11 is 0. The fourth-order valence-corrected chi connectivity index (χ4v) is 2.16. The fourth-order valence-electron chi connectivity index (χ4n) is 2.16. The van der Waals surface area contributed by atoms with E-state index in [1.807, 2.05) is 18.2 Å². The van der Waals surface area contributed by atoms with E-state index in [1.54, 1.807) is 0 Å². The lowest BCUT2D eigenvalue weighted by Gasteiger charge is -2.19. The van der Waals surface area contributed by atoms with Gasteiger partial charge in [-0.3, -0.25) is 0 Å². The molecule has 1 aromatic heterocycles. The van der Waals surface area contributed by atoms with Crippen LogP contribution in [0.25, 0.3) is 11.0 Å². The number of hydrogen-bond acceptors (Lipinski definition) is 2. The Kier molecular flexibility index (Phi) is 1.61. The summed E-state index contributed by atoms with van der Waals surface area (Å²) < 4.78 is 2.13. The van der Waals surface area contributed by atoms with Crippen LogP contribution in [0.1, 0.15) is 24.8 Å². The number of aliphatic hydroxyl groups is 1. The van der Waals surface area contributed by atoms with Crippen LogP contribution in [0.5, 0.6) is 0 Å². The second kappa shape index (κ2) is 2.82. The van der Waals surface area contributed by atoms with Crippen molar-refractivity contribution in [3.05, 3.63) is 30.1 Å². The van der Waals surface area contributed by atoms with Gasteiger partial charge in [0, 0.05) is 6.54 Å². The van der Waals surface area contributed by atoms with E-state index >= 15 is 0 Å². The number of hydrogen-bond donors (Lipinski definition) is 1. The number of aliphatic hydroxyl groups excluding tert-OH is 1. The summed E-state index contributed by atoms with van der Waals surface area (Å²) in [6.45, 7) is 0.979. The van der Waals surface area contributed by atoms with Gasteiger partial charge in [0.2, 0.25) is 0 Å². The van der Waals surface area contributed by atoms with Crippen LogP contribution in [0.15, 0.2) is 24.3 Å². The van der Waals surface area contributed by atoms with E-state index in [1.165, 1.54) is 0 Å². The van der Waals surface area contributed by atoms with Gasteiger partial charge in [0.25, 0.3) is 0 Å². The van der Waals surface area contributed by atoms with Crippen LogP contribution in [-0.4, -0.2) is 14.7 Å². The molecule has 3 heteroatoms. The summed E-state index contributed by atoms with van der Waals surface area (Å²) in [4.78, 5) is 4.45. The quantitative estimate of drug-likeness (QED) is 0.685. The number of aromatic nitrogens is 2. The Hall–Kier alpha value is -1.35. The molecule has 0 fully saturated rings. The highest BCUT2D eigenvalue weighted by molar-refractivity contribution is 5.76. The number of rotatable bonds is 0. The summed E-state index contributed by atoms with van der Waals surface area (Å²) in [6.07, 6.45) is 1.49. The molecule has 3 nitrogen and oxygen atoms in total. The predicted octanol–water partition coefficient (Wildman–Crippen LogP) is 1.86. The molecule has 0 saturated heterocycles. The zero-order valence-corrected chi connectivity index (χ0v) is 7.85. The Labute approximate surface area is 82.0 Å². The van der Waals surface area contributed by atoms with Gasteiger partial charge in [-0.05, 0) is 25.0 Å². The Morgan fingerprint density at radius 1 is 1.36 bits per heavy atom. The Morgan fingerprint density at radius 2 is 2.21 bits per heavy atom. The number of nitrogens with zero attached hydrogens (tertiary/aromatic N) is 2. The van der Waals surface area contributed by atoms with Gasteiger partial charge < -0.3 is 9.67 Å². The molecule has 0 radical (unpaired) electrons. The average Bonchev–Trinajstić information content (AvgIpc) is 2.59. The standard InChI is InChI=1S/C11H12N2O/c14-10-6-3-7-13-9-5-2-1-4-8(9)12-11(10)13/h1-2,4-5,10,14H,3,6-7H2. The van der Waals surface area contributed by atoms with E-state index < -0.39 is 0 Å². The van der Waals surface area contributed by atoms with Crippen LogP contribution in [-0.2, 0) is 6.54 Å². The monoisotopic (exact) mass is 188 g/mol. The number of para-hydroxylation sites is 2. The molecule has 1 aromatic carbocycles.